The minimum absolute atomic E-state index is 0.0909. The lowest BCUT2D eigenvalue weighted by Gasteiger charge is -2.42. The van der Waals surface area contributed by atoms with Crippen molar-refractivity contribution in [1.29, 1.82) is 0 Å². The van der Waals surface area contributed by atoms with Gasteiger partial charge in [0.2, 0.25) is 0 Å². The zero-order chi connectivity index (χ0) is 14.8. The Morgan fingerprint density at radius 2 is 2.00 bits per heavy atom. The second kappa shape index (κ2) is 5.60. The maximum atomic E-state index is 13.8. The van der Waals surface area contributed by atoms with E-state index in [0.717, 1.165) is 19.0 Å². The van der Waals surface area contributed by atoms with Gasteiger partial charge in [-0.1, -0.05) is 13.8 Å². The molecule has 0 spiro atoms. The Hall–Kier alpha value is -1.29. The summed E-state index contributed by atoms with van der Waals surface area (Å²) >= 11 is 0. The van der Waals surface area contributed by atoms with Crippen LogP contribution in [0.1, 0.15) is 56.8 Å². The van der Waals surface area contributed by atoms with Gasteiger partial charge in [-0.2, -0.15) is 0 Å². The second-order valence-corrected chi connectivity index (χ2v) is 6.28. The maximum absolute atomic E-state index is 13.8. The van der Waals surface area contributed by atoms with E-state index in [2.05, 4.69) is 18.8 Å². The smallest absolute Gasteiger partial charge is 0.197 e. The Morgan fingerprint density at radius 3 is 2.55 bits per heavy atom. The largest absolute Gasteiger partial charge is 0.367 e. The lowest BCUT2D eigenvalue weighted by molar-refractivity contribution is -0.0582. The average Bonchev–Trinajstić information content (AvgIpc) is 2.42. The van der Waals surface area contributed by atoms with E-state index in [9.17, 15) is 9.18 Å². The number of hydrogen-bond donors (Lipinski definition) is 0. The van der Waals surface area contributed by atoms with E-state index in [-0.39, 0.29) is 16.8 Å². The van der Waals surface area contributed by atoms with Gasteiger partial charge in [-0.3, -0.25) is 9.78 Å². The molecule has 4 heteroatoms. The first-order valence-corrected chi connectivity index (χ1v) is 7.18. The molecule has 1 aromatic heterocycles. The van der Waals surface area contributed by atoms with Gasteiger partial charge in [-0.05, 0) is 44.1 Å². The van der Waals surface area contributed by atoms with Gasteiger partial charge in [-0.25, -0.2) is 4.39 Å². The van der Waals surface area contributed by atoms with Crippen molar-refractivity contribution in [3.63, 3.8) is 0 Å². The van der Waals surface area contributed by atoms with Crippen LogP contribution in [0.15, 0.2) is 18.5 Å². The highest BCUT2D eigenvalue weighted by Gasteiger charge is 2.45. The van der Waals surface area contributed by atoms with E-state index < -0.39 is 11.4 Å². The SMILES string of the molecule is CCOC1(C(=O)c2ccncc2F)CCC(C)(C)CC1. The van der Waals surface area contributed by atoms with Crippen LogP contribution in [0.25, 0.3) is 0 Å². The molecule has 20 heavy (non-hydrogen) atoms. The summed E-state index contributed by atoms with van der Waals surface area (Å²) in [7, 11) is 0. The Labute approximate surface area is 119 Å². The van der Waals surface area contributed by atoms with Crippen molar-refractivity contribution < 1.29 is 13.9 Å². The molecule has 0 aromatic carbocycles. The molecule has 3 nitrogen and oxygen atoms in total. The van der Waals surface area contributed by atoms with E-state index in [1.54, 1.807) is 0 Å². The number of aromatic nitrogens is 1. The molecule has 0 N–H and O–H groups in total. The number of hydrogen-bond acceptors (Lipinski definition) is 3. The number of halogens is 1. The number of rotatable bonds is 4. The molecule has 0 unspecified atom stereocenters. The monoisotopic (exact) mass is 279 g/mol. The number of Topliss-reactive ketones (excluding diaryl/α,β-unsaturated/α-hetero) is 1. The van der Waals surface area contributed by atoms with Crippen molar-refractivity contribution in [3.05, 3.63) is 29.8 Å². The van der Waals surface area contributed by atoms with Crippen molar-refractivity contribution in [1.82, 2.24) is 4.98 Å². The van der Waals surface area contributed by atoms with E-state index in [0.29, 0.717) is 19.4 Å². The van der Waals surface area contributed by atoms with E-state index in [1.165, 1.54) is 12.3 Å². The standard InChI is InChI=1S/C16H22FNO2/c1-4-20-16(8-6-15(2,3)7-9-16)14(19)12-5-10-18-11-13(12)17/h5,10-11H,4,6-9H2,1-3H3. The molecule has 2 rings (SSSR count). The number of pyridine rings is 1. The summed E-state index contributed by atoms with van der Waals surface area (Å²) in [4.78, 5) is 16.4. The van der Waals surface area contributed by atoms with Crippen molar-refractivity contribution in [2.75, 3.05) is 6.61 Å². The maximum Gasteiger partial charge on any atom is 0.197 e. The van der Waals surface area contributed by atoms with E-state index in [1.807, 2.05) is 6.92 Å². The molecule has 0 aliphatic heterocycles. The molecule has 1 heterocycles. The first kappa shape index (κ1) is 15.1. The minimum atomic E-state index is -0.869. The molecular formula is C16H22FNO2. The van der Waals surface area contributed by atoms with E-state index >= 15 is 0 Å². The van der Waals surface area contributed by atoms with Crippen molar-refractivity contribution in [2.45, 2.75) is 52.1 Å². The summed E-state index contributed by atoms with van der Waals surface area (Å²) in [5.41, 5.74) is -0.558. The number of nitrogens with zero attached hydrogens (tertiary/aromatic N) is 1. The van der Waals surface area contributed by atoms with Gasteiger partial charge in [0.15, 0.2) is 11.6 Å². The molecule has 0 radical (unpaired) electrons. The minimum Gasteiger partial charge on any atom is -0.367 e. The average molecular weight is 279 g/mol. The normalized spacial score (nSPS) is 20.6. The van der Waals surface area contributed by atoms with E-state index in [4.69, 9.17) is 4.74 Å². The Morgan fingerprint density at radius 1 is 1.35 bits per heavy atom. The fourth-order valence-electron chi connectivity index (χ4n) is 2.85. The molecule has 1 aliphatic carbocycles. The summed E-state index contributed by atoms with van der Waals surface area (Å²) in [5, 5.41) is 0. The molecule has 0 amide bonds. The summed E-state index contributed by atoms with van der Waals surface area (Å²) in [6, 6.07) is 1.44. The van der Waals surface area contributed by atoms with Crippen LogP contribution >= 0.6 is 0 Å². The summed E-state index contributed by atoms with van der Waals surface area (Å²) in [5.74, 6) is -0.809. The predicted molar refractivity (Wildman–Crippen MR) is 75.1 cm³/mol. The Bertz CT molecular complexity index is 489. The zero-order valence-corrected chi connectivity index (χ0v) is 12.4. The Kier molecular flexibility index (Phi) is 4.23. The van der Waals surface area contributed by atoms with Crippen molar-refractivity contribution in [3.8, 4) is 0 Å². The van der Waals surface area contributed by atoms with Gasteiger partial charge in [0.1, 0.15) is 5.60 Å². The molecule has 0 saturated heterocycles. The van der Waals surface area contributed by atoms with Crippen LogP contribution in [-0.4, -0.2) is 23.0 Å². The fraction of sp³-hybridized carbons (Fsp3) is 0.625. The number of ketones is 1. The lowest BCUT2D eigenvalue weighted by Crippen LogP contribution is -2.46. The van der Waals surface area contributed by atoms with Gasteiger partial charge in [0.25, 0.3) is 0 Å². The molecule has 1 fully saturated rings. The number of carbonyl (C=O) groups excluding carboxylic acids is 1. The van der Waals surface area contributed by atoms with Gasteiger partial charge in [0.05, 0.1) is 11.8 Å². The molecule has 1 aromatic rings. The highest BCUT2D eigenvalue weighted by atomic mass is 19.1. The topological polar surface area (TPSA) is 39.2 Å². The number of ether oxygens (including phenoxy) is 1. The quantitative estimate of drug-likeness (QED) is 0.787. The zero-order valence-electron chi connectivity index (χ0n) is 12.4. The molecule has 110 valence electrons. The summed E-state index contributed by atoms with van der Waals surface area (Å²) in [6.07, 6.45) is 5.64. The van der Waals surface area contributed by atoms with Gasteiger partial charge < -0.3 is 4.74 Å². The van der Waals surface area contributed by atoms with Crippen LogP contribution in [-0.2, 0) is 4.74 Å². The first-order chi connectivity index (χ1) is 9.40. The van der Waals surface area contributed by atoms with Gasteiger partial charge >= 0.3 is 0 Å². The highest BCUT2D eigenvalue weighted by Crippen LogP contribution is 2.43. The first-order valence-electron chi connectivity index (χ1n) is 7.18. The molecular weight excluding hydrogens is 257 g/mol. The van der Waals surface area contributed by atoms with Crippen LogP contribution in [0.5, 0.6) is 0 Å². The van der Waals surface area contributed by atoms with Crippen LogP contribution in [0.2, 0.25) is 0 Å². The summed E-state index contributed by atoms with van der Waals surface area (Å²) in [6.45, 7) is 6.72. The van der Waals surface area contributed by atoms with Crippen LogP contribution in [0.3, 0.4) is 0 Å². The molecule has 0 bridgehead atoms. The molecule has 0 atom stereocenters. The summed E-state index contributed by atoms with van der Waals surface area (Å²) < 4.78 is 19.6. The third-order valence-electron chi connectivity index (χ3n) is 4.26. The van der Waals surface area contributed by atoms with Gasteiger partial charge in [0, 0.05) is 12.8 Å². The van der Waals surface area contributed by atoms with Crippen molar-refractivity contribution in [2.24, 2.45) is 5.41 Å². The molecule has 1 saturated carbocycles. The predicted octanol–water partition coefficient (Wildman–Crippen LogP) is 3.78. The van der Waals surface area contributed by atoms with Crippen LogP contribution in [0, 0.1) is 11.2 Å². The number of carbonyl (C=O) groups is 1. The molecule has 1 aliphatic rings. The second-order valence-electron chi connectivity index (χ2n) is 6.28. The fourth-order valence-corrected chi connectivity index (χ4v) is 2.85. The van der Waals surface area contributed by atoms with Gasteiger partial charge in [-0.15, -0.1) is 0 Å². The third kappa shape index (κ3) is 2.90. The van der Waals surface area contributed by atoms with Crippen LogP contribution in [0.4, 0.5) is 4.39 Å². The van der Waals surface area contributed by atoms with Crippen molar-refractivity contribution >= 4 is 5.78 Å². The lowest BCUT2D eigenvalue weighted by atomic mass is 9.68. The highest BCUT2D eigenvalue weighted by molar-refractivity contribution is 6.02. The Balaban J connectivity index is 2.30. The third-order valence-corrected chi connectivity index (χ3v) is 4.26. The van der Waals surface area contributed by atoms with Crippen LogP contribution < -0.4 is 0 Å².